The second-order valence-corrected chi connectivity index (χ2v) is 10.4. The largest absolute Gasteiger partial charge is 0.379 e. The molecule has 4 rings (SSSR count). The molecule has 6 nitrogen and oxygen atoms in total. The van der Waals surface area contributed by atoms with Gasteiger partial charge in [-0.25, -0.2) is 4.39 Å². The third-order valence-corrected chi connectivity index (χ3v) is 7.60. The standard InChI is InChI=1S/C30H34FN3O3S/c1-24-13-20-38-28(24)22-34(21-26-7-10-27(31)11-8-26)30(36)23-33(15-14-32-16-18-37-19-17-32)29(35)12-9-25-5-3-2-4-6-25/h2-13,20H,14-19,21-23H2,1H3. The summed E-state index contributed by atoms with van der Waals surface area (Å²) in [6, 6.07) is 17.9. The molecule has 2 heterocycles. The molecule has 200 valence electrons. The minimum Gasteiger partial charge on any atom is -0.379 e. The van der Waals surface area contributed by atoms with E-state index in [9.17, 15) is 14.0 Å². The maximum atomic E-state index is 13.7. The van der Waals surface area contributed by atoms with Crippen molar-refractivity contribution in [2.24, 2.45) is 0 Å². The number of hydrogen-bond donors (Lipinski definition) is 0. The topological polar surface area (TPSA) is 53.1 Å². The molecule has 0 N–H and O–H groups in total. The number of nitrogens with zero attached hydrogens (tertiary/aromatic N) is 3. The van der Waals surface area contributed by atoms with Gasteiger partial charge >= 0.3 is 0 Å². The van der Waals surface area contributed by atoms with Gasteiger partial charge in [0.25, 0.3) is 0 Å². The normalized spacial score (nSPS) is 14.1. The van der Waals surface area contributed by atoms with Gasteiger partial charge in [-0.3, -0.25) is 14.5 Å². The summed E-state index contributed by atoms with van der Waals surface area (Å²) in [5.41, 5.74) is 2.88. The summed E-state index contributed by atoms with van der Waals surface area (Å²) in [5, 5.41) is 2.01. The van der Waals surface area contributed by atoms with Gasteiger partial charge in [0.1, 0.15) is 12.4 Å². The van der Waals surface area contributed by atoms with Crippen LogP contribution in [0.25, 0.3) is 6.08 Å². The van der Waals surface area contributed by atoms with Crippen LogP contribution in [0.5, 0.6) is 0 Å². The third kappa shape index (κ3) is 8.34. The highest BCUT2D eigenvalue weighted by molar-refractivity contribution is 7.10. The van der Waals surface area contributed by atoms with Gasteiger partial charge in [0.2, 0.25) is 11.8 Å². The predicted octanol–water partition coefficient (Wildman–Crippen LogP) is 4.60. The quantitative estimate of drug-likeness (QED) is 0.337. The lowest BCUT2D eigenvalue weighted by molar-refractivity contribution is -0.139. The Morgan fingerprint density at radius 1 is 1.00 bits per heavy atom. The fraction of sp³-hybridized carbons (Fsp3) is 0.333. The average Bonchev–Trinajstić information content (AvgIpc) is 3.35. The van der Waals surface area contributed by atoms with Gasteiger partial charge in [-0.1, -0.05) is 42.5 Å². The summed E-state index contributed by atoms with van der Waals surface area (Å²) in [6.07, 6.45) is 3.31. The summed E-state index contributed by atoms with van der Waals surface area (Å²) in [7, 11) is 0. The Hall–Kier alpha value is -3.33. The first-order valence-corrected chi connectivity index (χ1v) is 13.7. The van der Waals surface area contributed by atoms with E-state index in [4.69, 9.17) is 4.74 Å². The van der Waals surface area contributed by atoms with Gasteiger partial charge < -0.3 is 14.5 Å². The maximum Gasteiger partial charge on any atom is 0.247 e. The molecule has 1 aliphatic rings. The number of amides is 2. The number of ether oxygens (including phenoxy) is 1. The molecule has 0 spiro atoms. The number of thiophene rings is 1. The number of aryl methyl sites for hydroxylation is 1. The molecule has 0 saturated carbocycles. The van der Waals surface area contributed by atoms with Gasteiger partial charge in [-0.15, -0.1) is 11.3 Å². The van der Waals surface area contributed by atoms with Crippen LogP contribution in [0.3, 0.4) is 0 Å². The number of rotatable bonds is 11. The Balaban J connectivity index is 1.50. The van der Waals surface area contributed by atoms with E-state index in [1.165, 1.54) is 18.2 Å². The molecule has 0 bridgehead atoms. The van der Waals surface area contributed by atoms with E-state index in [0.29, 0.717) is 39.4 Å². The number of hydrogen-bond acceptors (Lipinski definition) is 5. The molecule has 1 saturated heterocycles. The Kier molecular flexibility index (Phi) is 10.2. The van der Waals surface area contributed by atoms with Gasteiger partial charge in [-0.2, -0.15) is 0 Å². The summed E-state index contributed by atoms with van der Waals surface area (Å²) >= 11 is 1.60. The van der Waals surface area contributed by atoms with Crippen LogP contribution >= 0.6 is 11.3 Å². The second kappa shape index (κ2) is 14.0. The molecule has 1 aliphatic heterocycles. The molecule has 0 unspecified atom stereocenters. The summed E-state index contributed by atoms with van der Waals surface area (Å²) in [4.78, 5) is 33.7. The lowest BCUT2D eigenvalue weighted by atomic mass is 10.2. The van der Waals surface area contributed by atoms with Crippen LogP contribution in [0.2, 0.25) is 0 Å². The molecule has 1 aromatic heterocycles. The smallest absolute Gasteiger partial charge is 0.247 e. The van der Waals surface area contributed by atoms with Crippen molar-refractivity contribution in [2.45, 2.75) is 20.0 Å². The van der Waals surface area contributed by atoms with Crippen molar-refractivity contribution in [2.75, 3.05) is 45.9 Å². The highest BCUT2D eigenvalue weighted by atomic mass is 32.1. The van der Waals surface area contributed by atoms with E-state index in [-0.39, 0.29) is 24.2 Å². The Morgan fingerprint density at radius 3 is 2.42 bits per heavy atom. The molecule has 8 heteroatoms. The summed E-state index contributed by atoms with van der Waals surface area (Å²) < 4.78 is 18.9. The molecule has 2 amide bonds. The van der Waals surface area contributed by atoms with Crippen molar-refractivity contribution >= 4 is 29.2 Å². The lowest BCUT2D eigenvalue weighted by Crippen LogP contribution is -2.46. The molecule has 38 heavy (non-hydrogen) atoms. The van der Waals surface area contributed by atoms with Crippen LogP contribution < -0.4 is 0 Å². The van der Waals surface area contributed by atoms with Gasteiger partial charge in [-0.05, 0) is 53.3 Å². The van der Waals surface area contributed by atoms with Crippen LogP contribution in [0.15, 0.2) is 72.1 Å². The minimum absolute atomic E-state index is 0.0338. The zero-order chi connectivity index (χ0) is 26.7. The monoisotopic (exact) mass is 535 g/mol. The Labute approximate surface area is 227 Å². The molecular formula is C30H34FN3O3S. The van der Waals surface area contributed by atoms with Crippen molar-refractivity contribution in [3.8, 4) is 0 Å². The van der Waals surface area contributed by atoms with Gasteiger partial charge in [0, 0.05) is 43.7 Å². The van der Waals surface area contributed by atoms with Crippen molar-refractivity contribution in [3.63, 3.8) is 0 Å². The SMILES string of the molecule is Cc1ccsc1CN(Cc1ccc(F)cc1)C(=O)CN(CCN1CCOCC1)C(=O)C=Cc1ccccc1. The fourth-order valence-corrected chi connectivity index (χ4v) is 5.16. The van der Waals surface area contributed by atoms with E-state index >= 15 is 0 Å². The molecule has 2 aromatic carbocycles. The van der Waals surface area contributed by atoms with Crippen molar-refractivity contribution in [3.05, 3.63) is 99.5 Å². The summed E-state index contributed by atoms with van der Waals surface area (Å²) in [5.74, 6) is -0.666. The Morgan fingerprint density at radius 2 is 1.74 bits per heavy atom. The lowest BCUT2D eigenvalue weighted by Gasteiger charge is -2.31. The molecule has 0 aliphatic carbocycles. The molecule has 1 fully saturated rings. The molecule has 0 atom stereocenters. The van der Waals surface area contributed by atoms with Crippen LogP contribution in [-0.2, 0) is 27.4 Å². The van der Waals surface area contributed by atoms with E-state index in [1.54, 1.807) is 39.3 Å². The van der Waals surface area contributed by atoms with Crippen LogP contribution in [-0.4, -0.2) is 72.5 Å². The highest BCUT2D eigenvalue weighted by Crippen LogP contribution is 2.20. The fourth-order valence-electron chi connectivity index (χ4n) is 4.24. The zero-order valence-electron chi connectivity index (χ0n) is 21.7. The molecule has 3 aromatic rings. The van der Waals surface area contributed by atoms with E-state index in [1.807, 2.05) is 48.7 Å². The zero-order valence-corrected chi connectivity index (χ0v) is 22.5. The first kappa shape index (κ1) is 27.7. The number of benzene rings is 2. The van der Waals surface area contributed by atoms with Crippen molar-refractivity contribution in [1.29, 1.82) is 0 Å². The maximum absolute atomic E-state index is 13.7. The van der Waals surface area contributed by atoms with E-state index < -0.39 is 0 Å². The average molecular weight is 536 g/mol. The number of carbonyl (C=O) groups is 2. The van der Waals surface area contributed by atoms with E-state index in [2.05, 4.69) is 4.90 Å². The Bertz CT molecular complexity index is 1210. The number of carbonyl (C=O) groups excluding carboxylic acids is 2. The van der Waals surface area contributed by atoms with Crippen molar-refractivity contribution in [1.82, 2.24) is 14.7 Å². The van der Waals surface area contributed by atoms with Crippen molar-refractivity contribution < 1.29 is 18.7 Å². The van der Waals surface area contributed by atoms with Crippen LogP contribution in [0.1, 0.15) is 21.6 Å². The van der Waals surface area contributed by atoms with Crippen LogP contribution in [0.4, 0.5) is 4.39 Å². The van der Waals surface area contributed by atoms with E-state index in [0.717, 1.165) is 34.7 Å². The van der Waals surface area contributed by atoms with Gasteiger partial charge in [0.05, 0.1) is 19.8 Å². The number of morpholine rings is 1. The first-order valence-electron chi connectivity index (χ1n) is 12.9. The predicted molar refractivity (Wildman–Crippen MR) is 149 cm³/mol. The van der Waals surface area contributed by atoms with Gasteiger partial charge in [0.15, 0.2) is 0 Å². The third-order valence-electron chi connectivity index (χ3n) is 6.59. The first-order chi connectivity index (χ1) is 18.5. The molecular weight excluding hydrogens is 501 g/mol. The van der Waals surface area contributed by atoms with Crippen LogP contribution in [0, 0.1) is 12.7 Å². The highest BCUT2D eigenvalue weighted by Gasteiger charge is 2.23. The number of halogens is 1. The second-order valence-electron chi connectivity index (χ2n) is 9.36. The minimum atomic E-state index is -0.314. The molecule has 0 radical (unpaired) electrons. The summed E-state index contributed by atoms with van der Waals surface area (Å²) in [6.45, 7) is 6.84.